The number of thiol groups is 1. The molecule has 3 rings (SSSR count). The van der Waals surface area contributed by atoms with E-state index in [2.05, 4.69) is 0 Å². The topological polar surface area (TPSA) is 113 Å². The lowest BCUT2D eigenvalue weighted by molar-refractivity contribution is -0.125. The lowest BCUT2D eigenvalue weighted by Crippen LogP contribution is -2.44. The molecule has 27 heavy (non-hydrogen) atoms. The molecular weight excluding hydrogens is 372 g/mol. The second-order valence-corrected chi connectivity index (χ2v) is 7.10. The highest BCUT2D eigenvalue weighted by Crippen LogP contribution is 2.36. The van der Waals surface area contributed by atoms with Gasteiger partial charge in [0, 0.05) is 5.56 Å². The highest BCUT2D eigenvalue weighted by Gasteiger charge is 2.32. The molecule has 1 aliphatic rings. The average Bonchev–Trinajstić information content (AvgIpc) is 2.65. The number of nitrogens with zero attached hydrogens (tertiary/aromatic N) is 1. The van der Waals surface area contributed by atoms with Crippen molar-refractivity contribution in [1.29, 1.82) is 0 Å². The van der Waals surface area contributed by atoms with Crippen LogP contribution in [0.5, 0.6) is 5.75 Å². The molecule has 2 N–H and O–H groups in total. The third-order valence-corrected chi connectivity index (χ3v) is 4.83. The summed E-state index contributed by atoms with van der Waals surface area (Å²) in [5.74, 6) is -0.566. The number of rotatable bonds is 5. The van der Waals surface area contributed by atoms with E-state index in [0.717, 1.165) is 5.56 Å². The van der Waals surface area contributed by atoms with Gasteiger partial charge in [-0.25, -0.2) is 13.9 Å². The summed E-state index contributed by atoms with van der Waals surface area (Å²) in [6.07, 6.45) is -0.728. The van der Waals surface area contributed by atoms with Crippen molar-refractivity contribution in [2.75, 3.05) is 4.90 Å². The van der Waals surface area contributed by atoms with Crippen LogP contribution in [0.15, 0.2) is 42.5 Å². The van der Waals surface area contributed by atoms with Gasteiger partial charge >= 0.3 is 0 Å². The van der Waals surface area contributed by atoms with E-state index in [1.54, 1.807) is 47.6 Å². The van der Waals surface area contributed by atoms with Gasteiger partial charge in [-0.05, 0) is 36.2 Å². The van der Waals surface area contributed by atoms with Crippen molar-refractivity contribution in [2.24, 2.45) is 0 Å². The zero-order chi connectivity index (χ0) is 19.6. The van der Waals surface area contributed by atoms with Gasteiger partial charge in [0.1, 0.15) is 16.5 Å². The van der Waals surface area contributed by atoms with Crippen LogP contribution in [0.3, 0.4) is 0 Å². The predicted octanol–water partition coefficient (Wildman–Crippen LogP) is 1.23. The molecule has 0 fully saturated rings. The molecule has 2 amide bonds. The van der Waals surface area contributed by atoms with Gasteiger partial charge in [0.2, 0.25) is 0 Å². The van der Waals surface area contributed by atoms with Crippen LogP contribution in [0.1, 0.15) is 28.4 Å². The Morgan fingerprint density at radius 3 is 2.48 bits per heavy atom. The van der Waals surface area contributed by atoms with E-state index in [4.69, 9.17) is 9.94 Å². The Balaban J connectivity index is 1.89. The summed E-state index contributed by atoms with van der Waals surface area (Å²) >= 11 is 0. The molecule has 0 radical (unpaired) electrons. The first-order valence-corrected chi connectivity index (χ1v) is 9.51. The van der Waals surface area contributed by atoms with Crippen LogP contribution in [0.4, 0.5) is 5.69 Å². The number of hydroxylamine groups is 1. The number of amides is 2. The van der Waals surface area contributed by atoms with Crippen molar-refractivity contribution in [2.45, 2.75) is 25.3 Å². The minimum atomic E-state index is -2.49. The van der Waals surface area contributed by atoms with Crippen molar-refractivity contribution in [3.63, 3.8) is 0 Å². The Bertz CT molecular complexity index is 947. The van der Waals surface area contributed by atoms with Gasteiger partial charge in [-0.2, -0.15) is 0 Å². The van der Waals surface area contributed by atoms with Crippen molar-refractivity contribution in [3.8, 4) is 5.75 Å². The highest BCUT2D eigenvalue weighted by atomic mass is 32.2. The number of ether oxygens (including phenoxy) is 1. The number of carbonyl (C=O) groups excluding carboxylic acids is 2. The van der Waals surface area contributed by atoms with Crippen LogP contribution in [0, 0.1) is 0 Å². The van der Waals surface area contributed by atoms with E-state index in [1.807, 2.05) is 0 Å². The molecule has 8 nitrogen and oxygen atoms in total. The standard InChI is InChI=1S/C18H18N2O6S/c1-11-18(22)20(9-12-2-4-13(5-3-12)10-27(24)25)15-7-6-14(17(21)19-23)8-16(15)26-11/h2-8,11,23,27H,9-10H2,1H3,(H,19,21). The molecule has 0 aromatic heterocycles. The van der Waals surface area contributed by atoms with Crippen molar-refractivity contribution in [1.82, 2.24) is 5.48 Å². The molecule has 0 aliphatic carbocycles. The number of hydrogen-bond acceptors (Lipinski definition) is 6. The quantitative estimate of drug-likeness (QED) is 0.402. The van der Waals surface area contributed by atoms with Gasteiger partial charge in [-0.15, -0.1) is 0 Å². The van der Waals surface area contributed by atoms with E-state index in [1.165, 1.54) is 12.1 Å². The summed E-state index contributed by atoms with van der Waals surface area (Å²) < 4.78 is 27.2. The number of anilines is 1. The van der Waals surface area contributed by atoms with E-state index >= 15 is 0 Å². The highest BCUT2D eigenvalue weighted by molar-refractivity contribution is 7.71. The first kappa shape index (κ1) is 18.9. The van der Waals surface area contributed by atoms with Gasteiger partial charge in [0.15, 0.2) is 6.10 Å². The van der Waals surface area contributed by atoms with Gasteiger partial charge < -0.3 is 9.64 Å². The molecule has 0 bridgehead atoms. The van der Waals surface area contributed by atoms with Gasteiger partial charge in [-0.3, -0.25) is 14.8 Å². The monoisotopic (exact) mass is 390 g/mol. The molecule has 0 spiro atoms. The zero-order valence-corrected chi connectivity index (χ0v) is 15.3. The maximum absolute atomic E-state index is 12.6. The molecule has 9 heteroatoms. The Morgan fingerprint density at radius 2 is 1.85 bits per heavy atom. The van der Waals surface area contributed by atoms with Gasteiger partial charge in [-0.1, -0.05) is 24.3 Å². The number of hydrogen-bond donors (Lipinski definition) is 3. The minimum Gasteiger partial charge on any atom is -0.479 e. The molecule has 0 saturated carbocycles. The normalized spacial score (nSPS) is 16.0. The molecular formula is C18H18N2O6S. The van der Waals surface area contributed by atoms with Crippen molar-refractivity contribution in [3.05, 3.63) is 59.2 Å². The zero-order valence-electron chi connectivity index (χ0n) is 14.4. The third-order valence-electron chi connectivity index (χ3n) is 4.21. The summed E-state index contributed by atoms with van der Waals surface area (Å²) in [4.78, 5) is 25.7. The van der Waals surface area contributed by atoms with Crippen LogP contribution in [-0.4, -0.2) is 31.5 Å². The molecule has 142 valence electrons. The fourth-order valence-corrected chi connectivity index (χ4v) is 3.37. The molecule has 0 saturated heterocycles. The number of nitrogens with one attached hydrogen (secondary N) is 1. The largest absolute Gasteiger partial charge is 0.479 e. The lowest BCUT2D eigenvalue weighted by Gasteiger charge is -2.33. The predicted molar refractivity (Wildman–Crippen MR) is 97.4 cm³/mol. The molecule has 1 aliphatic heterocycles. The number of fused-ring (bicyclic) bond motifs is 1. The number of benzene rings is 2. The third kappa shape index (κ3) is 4.09. The van der Waals surface area contributed by atoms with Crippen molar-refractivity contribution >= 4 is 28.2 Å². The minimum absolute atomic E-state index is 0.0261. The number of carbonyl (C=O) groups is 2. The Kier molecular flexibility index (Phi) is 5.43. The second kappa shape index (κ2) is 7.77. The van der Waals surface area contributed by atoms with Crippen LogP contribution < -0.4 is 15.1 Å². The SMILES string of the molecule is CC1Oc2cc(C(=O)NO)ccc2N(Cc2ccc(C[SH](=O)=O)cc2)C1=O. The van der Waals surface area contributed by atoms with E-state index in [0.29, 0.717) is 17.0 Å². The van der Waals surface area contributed by atoms with Crippen molar-refractivity contribution < 1.29 is 28.0 Å². The van der Waals surface area contributed by atoms with Crippen LogP contribution in [0.2, 0.25) is 0 Å². The summed E-state index contributed by atoms with van der Waals surface area (Å²) in [5, 5.41) is 8.77. The molecule has 2 aromatic rings. The maximum Gasteiger partial charge on any atom is 0.274 e. The van der Waals surface area contributed by atoms with Crippen LogP contribution in [0.25, 0.3) is 0 Å². The molecule has 1 heterocycles. The van der Waals surface area contributed by atoms with Gasteiger partial charge in [0.05, 0.1) is 18.0 Å². The fraction of sp³-hybridized carbons (Fsp3) is 0.222. The first-order valence-electron chi connectivity index (χ1n) is 8.15. The Labute approximate surface area is 157 Å². The summed E-state index contributed by atoms with van der Waals surface area (Å²) in [6, 6.07) is 11.5. The first-order chi connectivity index (χ1) is 12.9. The summed E-state index contributed by atoms with van der Waals surface area (Å²) in [5.41, 5.74) is 3.78. The fourth-order valence-electron chi connectivity index (χ4n) is 2.86. The maximum atomic E-state index is 12.6. The van der Waals surface area contributed by atoms with E-state index in [-0.39, 0.29) is 23.8 Å². The van der Waals surface area contributed by atoms with E-state index in [9.17, 15) is 18.0 Å². The molecule has 2 aromatic carbocycles. The summed E-state index contributed by atoms with van der Waals surface area (Å²) in [7, 11) is -2.49. The summed E-state index contributed by atoms with van der Waals surface area (Å²) in [6.45, 7) is 1.89. The second-order valence-electron chi connectivity index (χ2n) is 6.12. The smallest absolute Gasteiger partial charge is 0.274 e. The lowest BCUT2D eigenvalue weighted by atomic mass is 10.1. The Hall–Kier alpha value is -2.91. The van der Waals surface area contributed by atoms with Crippen LogP contribution in [-0.2, 0) is 27.8 Å². The van der Waals surface area contributed by atoms with Gasteiger partial charge in [0.25, 0.3) is 11.8 Å². The molecule has 1 unspecified atom stereocenters. The molecule has 1 atom stereocenters. The average molecular weight is 390 g/mol. The Morgan fingerprint density at radius 1 is 1.19 bits per heavy atom. The van der Waals surface area contributed by atoms with Crippen LogP contribution >= 0.6 is 0 Å². The van der Waals surface area contributed by atoms with E-state index < -0.39 is 22.7 Å².